The number of hydrogen-bond donors (Lipinski definition) is 2. The zero-order valence-corrected chi connectivity index (χ0v) is 25.1. The molecule has 2 N–H and O–H groups in total. The second kappa shape index (κ2) is 10.6. The van der Waals surface area contributed by atoms with Crippen LogP contribution in [0.5, 0.6) is 5.75 Å². The van der Waals surface area contributed by atoms with Crippen molar-refractivity contribution in [3.63, 3.8) is 0 Å². The Hall–Kier alpha value is -4.10. The summed E-state index contributed by atoms with van der Waals surface area (Å²) >= 11 is 0. The summed E-state index contributed by atoms with van der Waals surface area (Å²) in [7, 11) is -2.91. The van der Waals surface area contributed by atoms with E-state index in [2.05, 4.69) is 0 Å². The van der Waals surface area contributed by atoms with E-state index >= 15 is 0 Å². The number of ether oxygens (including phenoxy) is 2. The van der Waals surface area contributed by atoms with Gasteiger partial charge in [0.25, 0.3) is 17.5 Å². The van der Waals surface area contributed by atoms with E-state index in [4.69, 9.17) is 9.47 Å². The monoisotopic (exact) mass is 603 g/mol. The predicted octanol–water partition coefficient (Wildman–Crippen LogP) is 4.38. The van der Waals surface area contributed by atoms with Crippen molar-refractivity contribution >= 4 is 42.9 Å². The van der Waals surface area contributed by atoms with Gasteiger partial charge in [-0.1, -0.05) is 31.2 Å². The molecule has 6 rings (SSSR count). The fourth-order valence-electron chi connectivity index (χ4n) is 7.10. The summed E-state index contributed by atoms with van der Waals surface area (Å²) in [5.74, 6) is -0.524. The van der Waals surface area contributed by atoms with Crippen LogP contribution in [-0.4, -0.2) is 54.3 Å². The number of para-hydroxylation sites is 2. The first-order valence-corrected chi connectivity index (χ1v) is 17.3. The largest absolute Gasteiger partial charge is 0.482 e. The van der Waals surface area contributed by atoms with Gasteiger partial charge in [-0.15, -0.1) is 0 Å². The van der Waals surface area contributed by atoms with Crippen LogP contribution in [0.1, 0.15) is 24.5 Å². The number of nitro benzene ring substituents is 1. The van der Waals surface area contributed by atoms with E-state index in [1.165, 1.54) is 12.1 Å². The third kappa shape index (κ3) is 4.61. The molecule has 12 heteroatoms. The van der Waals surface area contributed by atoms with Gasteiger partial charge in [0, 0.05) is 41.4 Å². The molecule has 224 valence electrons. The number of anilines is 3. The van der Waals surface area contributed by atoms with Crippen LogP contribution in [-0.2, 0) is 26.5 Å². The summed E-state index contributed by atoms with van der Waals surface area (Å²) in [6, 6.07) is 18.9. The van der Waals surface area contributed by atoms with E-state index in [0.29, 0.717) is 28.4 Å². The average Bonchev–Trinajstić information content (AvgIpc) is 3.39. The SMILES string of the molecule is C[C@H]1[C@H]([Si](C)(C)O)[C@@H](CCO)O[C@]12C(=O)N(Cc1cccc(N3C(=O)COc4ccccc43)c1)c1ccc([N+](=O)[O-])cc12. The fraction of sp³-hybridized carbons (Fsp3) is 0.355. The number of hydrogen-bond acceptors (Lipinski definition) is 8. The first kappa shape index (κ1) is 29.0. The van der Waals surface area contributed by atoms with Crippen molar-refractivity contribution in [3.05, 3.63) is 88.0 Å². The van der Waals surface area contributed by atoms with Crippen LogP contribution in [0.2, 0.25) is 18.6 Å². The number of carbonyl (C=O) groups excluding carboxylic acids is 2. The lowest BCUT2D eigenvalue weighted by atomic mass is 9.82. The Kier molecular flexibility index (Phi) is 7.12. The smallest absolute Gasteiger partial charge is 0.269 e. The van der Waals surface area contributed by atoms with Crippen LogP contribution < -0.4 is 14.5 Å². The number of rotatable bonds is 7. The molecule has 0 unspecified atom stereocenters. The molecule has 1 fully saturated rings. The molecule has 3 aliphatic heterocycles. The number of nitrogens with zero attached hydrogens (tertiary/aromatic N) is 3. The van der Waals surface area contributed by atoms with Crippen molar-refractivity contribution in [2.75, 3.05) is 23.0 Å². The lowest BCUT2D eigenvalue weighted by Crippen LogP contribution is -2.46. The lowest BCUT2D eigenvalue weighted by Gasteiger charge is -2.32. The Bertz CT molecular complexity index is 1620. The number of aliphatic hydroxyl groups excluding tert-OH is 1. The van der Waals surface area contributed by atoms with Gasteiger partial charge in [-0.3, -0.25) is 24.6 Å². The maximum Gasteiger partial charge on any atom is 0.269 e. The maximum atomic E-state index is 14.5. The van der Waals surface area contributed by atoms with Crippen LogP contribution in [0.4, 0.5) is 22.7 Å². The molecular weight excluding hydrogens is 570 g/mol. The molecule has 3 aromatic carbocycles. The Morgan fingerprint density at radius 2 is 1.84 bits per heavy atom. The number of benzene rings is 3. The van der Waals surface area contributed by atoms with Crippen LogP contribution >= 0.6 is 0 Å². The molecule has 2 amide bonds. The molecule has 3 aliphatic rings. The number of amides is 2. The summed E-state index contributed by atoms with van der Waals surface area (Å²) < 4.78 is 12.1. The van der Waals surface area contributed by atoms with Crippen molar-refractivity contribution in [1.29, 1.82) is 0 Å². The van der Waals surface area contributed by atoms with Gasteiger partial charge in [0.1, 0.15) is 5.75 Å². The van der Waals surface area contributed by atoms with E-state index in [-0.39, 0.29) is 43.7 Å². The van der Waals surface area contributed by atoms with Crippen LogP contribution in [0, 0.1) is 16.0 Å². The van der Waals surface area contributed by atoms with Crippen LogP contribution in [0.15, 0.2) is 66.7 Å². The molecule has 3 heterocycles. The van der Waals surface area contributed by atoms with E-state index in [9.17, 15) is 29.6 Å². The molecule has 0 radical (unpaired) electrons. The Labute approximate surface area is 249 Å². The highest BCUT2D eigenvalue weighted by Gasteiger charge is 2.66. The zero-order valence-electron chi connectivity index (χ0n) is 24.1. The molecule has 1 saturated heterocycles. The van der Waals surface area contributed by atoms with Gasteiger partial charge in [-0.05, 0) is 55.4 Å². The predicted molar refractivity (Wildman–Crippen MR) is 161 cm³/mol. The lowest BCUT2D eigenvalue weighted by molar-refractivity contribution is -0.385. The number of aliphatic hydroxyl groups is 1. The van der Waals surface area contributed by atoms with Crippen LogP contribution in [0.3, 0.4) is 0 Å². The quantitative estimate of drug-likeness (QED) is 0.230. The first-order chi connectivity index (χ1) is 20.5. The van der Waals surface area contributed by atoms with Gasteiger partial charge in [-0.2, -0.15) is 0 Å². The Balaban J connectivity index is 1.42. The Morgan fingerprint density at radius 3 is 2.56 bits per heavy atom. The minimum Gasteiger partial charge on any atom is -0.482 e. The van der Waals surface area contributed by atoms with Gasteiger partial charge >= 0.3 is 0 Å². The Morgan fingerprint density at radius 1 is 1.07 bits per heavy atom. The zero-order chi connectivity index (χ0) is 30.7. The normalized spacial score (nSPS) is 24.7. The molecule has 11 nitrogen and oxygen atoms in total. The summed E-state index contributed by atoms with van der Waals surface area (Å²) in [6.45, 7) is 5.23. The van der Waals surface area contributed by atoms with Gasteiger partial charge in [0.2, 0.25) is 0 Å². The molecule has 0 bridgehead atoms. The molecule has 0 aromatic heterocycles. The fourth-order valence-corrected chi connectivity index (χ4v) is 9.70. The van der Waals surface area contributed by atoms with Crippen LogP contribution in [0.25, 0.3) is 0 Å². The van der Waals surface area contributed by atoms with Crippen molar-refractivity contribution < 1.29 is 33.9 Å². The summed E-state index contributed by atoms with van der Waals surface area (Å²) in [4.78, 5) is 53.2. The minimum absolute atomic E-state index is 0.101. The van der Waals surface area contributed by atoms with E-state index in [1.54, 1.807) is 41.1 Å². The number of fused-ring (bicyclic) bond motifs is 3. The van der Waals surface area contributed by atoms with Gasteiger partial charge in [-0.25, -0.2) is 0 Å². The number of carbonyl (C=O) groups is 2. The number of non-ortho nitro benzene ring substituents is 1. The molecule has 4 atom stereocenters. The molecular formula is C31H33N3O8Si. The van der Waals surface area contributed by atoms with Gasteiger partial charge in [0.05, 0.1) is 28.9 Å². The molecule has 0 saturated carbocycles. The molecule has 43 heavy (non-hydrogen) atoms. The molecule has 1 spiro atoms. The number of nitro groups is 1. The van der Waals surface area contributed by atoms with E-state index < -0.39 is 36.4 Å². The second-order valence-electron chi connectivity index (χ2n) is 11.9. The molecule has 3 aromatic rings. The van der Waals surface area contributed by atoms with Gasteiger partial charge < -0.3 is 24.3 Å². The van der Waals surface area contributed by atoms with Crippen molar-refractivity contribution in [1.82, 2.24) is 0 Å². The minimum atomic E-state index is -2.91. The maximum absolute atomic E-state index is 14.5. The van der Waals surface area contributed by atoms with Crippen molar-refractivity contribution in [2.24, 2.45) is 5.92 Å². The summed E-state index contributed by atoms with van der Waals surface area (Å²) in [5, 5.41) is 21.6. The molecule has 0 aliphatic carbocycles. The topological polar surface area (TPSA) is 143 Å². The highest BCUT2D eigenvalue weighted by Crippen LogP contribution is 2.60. The standard InChI is InChI=1S/C31H33N3O8Si/c1-19-29(43(2,3)40)27(13-14-35)42-31(19)23-16-22(34(38)39)11-12-24(23)32(30(31)37)17-20-7-6-8-21(15-20)33-25-9-4-5-10-26(25)41-18-28(33)36/h4-12,15-16,19,27,29,35,40H,13-14,17-18H2,1-3H3/t19-,27+,29-,31+/m0/s1. The summed E-state index contributed by atoms with van der Waals surface area (Å²) in [6.07, 6.45) is -0.374. The second-order valence-corrected chi connectivity index (χ2v) is 15.9. The summed E-state index contributed by atoms with van der Waals surface area (Å²) in [5.41, 5.74) is 0.715. The highest BCUT2D eigenvalue weighted by molar-refractivity contribution is 6.71. The van der Waals surface area contributed by atoms with Crippen molar-refractivity contribution in [2.45, 2.75) is 50.2 Å². The van der Waals surface area contributed by atoms with Gasteiger partial charge in [0.15, 0.2) is 20.5 Å². The third-order valence-corrected chi connectivity index (χ3v) is 11.3. The van der Waals surface area contributed by atoms with Crippen molar-refractivity contribution in [3.8, 4) is 5.75 Å². The first-order valence-electron chi connectivity index (χ1n) is 14.2. The average molecular weight is 604 g/mol. The van der Waals surface area contributed by atoms with E-state index in [1.807, 2.05) is 43.3 Å². The van der Waals surface area contributed by atoms with E-state index in [0.717, 1.165) is 5.56 Å². The third-order valence-electron chi connectivity index (χ3n) is 8.81. The highest BCUT2D eigenvalue weighted by atomic mass is 28.4.